The molecule has 0 saturated carbocycles. The highest BCUT2D eigenvalue weighted by atomic mass is 35.5. The van der Waals surface area contributed by atoms with Crippen molar-refractivity contribution in [3.63, 3.8) is 0 Å². The number of halogens is 1. The van der Waals surface area contributed by atoms with E-state index in [9.17, 15) is 9.59 Å². The predicted octanol–water partition coefficient (Wildman–Crippen LogP) is 3.54. The quantitative estimate of drug-likeness (QED) is 0.626. The fourth-order valence-corrected chi connectivity index (χ4v) is 3.61. The van der Waals surface area contributed by atoms with Gasteiger partial charge in [0.15, 0.2) is 5.69 Å². The first kappa shape index (κ1) is 19.1. The SMILES string of the molecule is CCc1cc(C(=O)OC)c(NC(=O)c2noc(C)c2Cn2cc(Cl)cn2)s1. The van der Waals surface area contributed by atoms with Crippen LogP contribution in [0, 0.1) is 6.92 Å². The van der Waals surface area contributed by atoms with Gasteiger partial charge in [0.1, 0.15) is 10.8 Å². The van der Waals surface area contributed by atoms with Crippen LogP contribution in [0.15, 0.2) is 23.0 Å². The number of hydrogen-bond donors (Lipinski definition) is 1. The Labute approximate surface area is 164 Å². The summed E-state index contributed by atoms with van der Waals surface area (Å²) in [6.07, 6.45) is 3.88. The van der Waals surface area contributed by atoms with E-state index in [1.807, 2.05) is 6.92 Å². The molecule has 8 nitrogen and oxygen atoms in total. The molecule has 0 radical (unpaired) electrons. The maximum Gasteiger partial charge on any atom is 0.340 e. The molecule has 0 aliphatic heterocycles. The van der Waals surface area contributed by atoms with Crippen molar-refractivity contribution in [1.82, 2.24) is 14.9 Å². The van der Waals surface area contributed by atoms with Crippen molar-refractivity contribution in [2.45, 2.75) is 26.8 Å². The van der Waals surface area contributed by atoms with E-state index in [1.54, 1.807) is 23.9 Å². The number of hydrogen-bond acceptors (Lipinski definition) is 7. The molecule has 0 aromatic carbocycles. The topological polar surface area (TPSA) is 99.2 Å². The molecule has 142 valence electrons. The van der Waals surface area contributed by atoms with E-state index < -0.39 is 11.9 Å². The molecule has 0 fully saturated rings. The second kappa shape index (κ2) is 7.93. The van der Waals surface area contributed by atoms with Crippen LogP contribution >= 0.6 is 22.9 Å². The van der Waals surface area contributed by atoms with Gasteiger partial charge in [0.25, 0.3) is 5.91 Å². The van der Waals surface area contributed by atoms with E-state index in [0.29, 0.717) is 26.9 Å². The Morgan fingerprint density at radius 2 is 2.22 bits per heavy atom. The Morgan fingerprint density at radius 1 is 1.44 bits per heavy atom. The van der Waals surface area contributed by atoms with Crippen molar-refractivity contribution >= 4 is 39.8 Å². The number of carbonyl (C=O) groups excluding carboxylic acids is 2. The standard InChI is InChI=1S/C17H17ClN4O4S/c1-4-11-5-12(17(24)25-3)16(27-11)20-15(23)14-13(9(2)26-21-14)8-22-7-10(18)6-19-22/h5-7H,4,8H2,1-3H3,(H,20,23). The summed E-state index contributed by atoms with van der Waals surface area (Å²) in [7, 11) is 1.30. The number of aromatic nitrogens is 3. The van der Waals surface area contributed by atoms with Gasteiger partial charge >= 0.3 is 5.97 Å². The number of nitrogens with one attached hydrogen (secondary N) is 1. The molecule has 3 heterocycles. The van der Waals surface area contributed by atoms with Crippen LogP contribution in [0.5, 0.6) is 0 Å². The first-order chi connectivity index (χ1) is 12.9. The van der Waals surface area contributed by atoms with E-state index in [-0.39, 0.29) is 12.2 Å². The second-order valence-corrected chi connectivity index (χ2v) is 7.25. The van der Waals surface area contributed by atoms with Crippen molar-refractivity contribution in [2.24, 2.45) is 0 Å². The summed E-state index contributed by atoms with van der Waals surface area (Å²) < 4.78 is 11.6. The van der Waals surface area contributed by atoms with E-state index in [4.69, 9.17) is 20.9 Å². The summed E-state index contributed by atoms with van der Waals surface area (Å²) in [5.41, 5.74) is 1.02. The number of rotatable bonds is 6. The van der Waals surface area contributed by atoms with Crippen LogP contribution < -0.4 is 5.32 Å². The van der Waals surface area contributed by atoms with Gasteiger partial charge in [-0.25, -0.2) is 4.79 Å². The molecule has 0 unspecified atom stereocenters. The first-order valence-electron chi connectivity index (χ1n) is 8.08. The molecule has 0 bridgehead atoms. The zero-order chi connectivity index (χ0) is 19.6. The number of thiophene rings is 1. The molecule has 0 aliphatic rings. The third-order valence-corrected chi connectivity index (χ3v) is 5.28. The highest BCUT2D eigenvalue weighted by Gasteiger charge is 2.24. The fraction of sp³-hybridized carbons (Fsp3) is 0.294. The maximum absolute atomic E-state index is 12.8. The van der Waals surface area contributed by atoms with Crippen molar-refractivity contribution < 1.29 is 18.8 Å². The smallest absolute Gasteiger partial charge is 0.340 e. The molecule has 3 rings (SSSR count). The summed E-state index contributed by atoms with van der Waals surface area (Å²) in [5.74, 6) is -0.487. The number of methoxy groups -OCH3 is 1. The molecule has 3 aromatic heterocycles. The molecular formula is C17H17ClN4O4S. The minimum absolute atomic E-state index is 0.126. The highest BCUT2D eigenvalue weighted by molar-refractivity contribution is 7.16. The van der Waals surface area contributed by atoms with E-state index >= 15 is 0 Å². The van der Waals surface area contributed by atoms with Crippen LogP contribution in [-0.4, -0.2) is 33.9 Å². The number of ether oxygens (including phenoxy) is 1. The largest absolute Gasteiger partial charge is 0.465 e. The van der Waals surface area contributed by atoms with Crippen molar-refractivity contribution in [3.05, 3.63) is 50.9 Å². The molecule has 3 aromatic rings. The van der Waals surface area contributed by atoms with Crippen molar-refractivity contribution in [1.29, 1.82) is 0 Å². The Bertz CT molecular complexity index is 991. The lowest BCUT2D eigenvalue weighted by atomic mass is 10.2. The predicted molar refractivity (Wildman–Crippen MR) is 101 cm³/mol. The lowest BCUT2D eigenvalue weighted by Gasteiger charge is -2.05. The van der Waals surface area contributed by atoms with Crippen LogP contribution in [0.2, 0.25) is 5.02 Å². The minimum atomic E-state index is -0.510. The number of amides is 1. The fourth-order valence-electron chi connectivity index (χ4n) is 2.48. The lowest BCUT2D eigenvalue weighted by Crippen LogP contribution is -2.17. The summed E-state index contributed by atoms with van der Waals surface area (Å²) in [4.78, 5) is 25.7. The zero-order valence-electron chi connectivity index (χ0n) is 14.9. The van der Waals surface area contributed by atoms with E-state index in [1.165, 1.54) is 24.6 Å². The van der Waals surface area contributed by atoms with Gasteiger partial charge < -0.3 is 14.6 Å². The van der Waals surface area contributed by atoms with Crippen LogP contribution in [0.3, 0.4) is 0 Å². The third-order valence-electron chi connectivity index (χ3n) is 3.89. The Balaban J connectivity index is 1.87. The highest BCUT2D eigenvalue weighted by Crippen LogP contribution is 2.30. The normalized spacial score (nSPS) is 10.8. The minimum Gasteiger partial charge on any atom is -0.465 e. The summed E-state index contributed by atoms with van der Waals surface area (Å²) in [6.45, 7) is 3.95. The van der Waals surface area contributed by atoms with Crippen LogP contribution in [0.25, 0.3) is 0 Å². The number of anilines is 1. The molecule has 0 spiro atoms. The molecular weight excluding hydrogens is 392 g/mol. The molecule has 0 aliphatic carbocycles. The summed E-state index contributed by atoms with van der Waals surface area (Å²) in [6, 6.07) is 1.72. The molecule has 0 atom stereocenters. The third kappa shape index (κ3) is 4.04. The van der Waals surface area contributed by atoms with Crippen molar-refractivity contribution in [3.8, 4) is 0 Å². The van der Waals surface area contributed by atoms with E-state index in [2.05, 4.69) is 15.6 Å². The zero-order valence-corrected chi connectivity index (χ0v) is 16.5. The average Bonchev–Trinajstić information content (AvgIpc) is 3.34. The average molecular weight is 409 g/mol. The molecule has 10 heteroatoms. The van der Waals surface area contributed by atoms with Gasteiger partial charge in [-0.2, -0.15) is 5.10 Å². The molecule has 1 N–H and O–H groups in total. The van der Waals surface area contributed by atoms with Gasteiger partial charge in [-0.05, 0) is 19.4 Å². The monoisotopic (exact) mass is 408 g/mol. The molecule has 1 amide bonds. The lowest BCUT2D eigenvalue weighted by molar-refractivity contribution is 0.0602. The Kier molecular flexibility index (Phi) is 5.62. The van der Waals surface area contributed by atoms with Gasteiger partial charge in [-0.3, -0.25) is 9.48 Å². The first-order valence-corrected chi connectivity index (χ1v) is 9.27. The van der Waals surface area contributed by atoms with Gasteiger partial charge in [0.2, 0.25) is 0 Å². The summed E-state index contributed by atoms with van der Waals surface area (Å²) in [5, 5.41) is 11.6. The van der Waals surface area contributed by atoms with Gasteiger partial charge in [-0.15, -0.1) is 11.3 Å². The maximum atomic E-state index is 12.8. The second-order valence-electron chi connectivity index (χ2n) is 5.68. The Hall–Kier alpha value is -2.65. The van der Waals surface area contributed by atoms with Crippen molar-refractivity contribution in [2.75, 3.05) is 12.4 Å². The van der Waals surface area contributed by atoms with Gasteiger partial charge in [0.05, 0.1) is 30.4 Å². The van der Waals surface area contributed by atoms with E-state index in [0.717, 1.165) is 11.3 Å². The number of carbonyl (C=O) groups is 2. The number of esters is 1. The van der Waals surface area contributed by atoms with Crippen LogP contribution in [0.1, 0.15) is 44.0 Å². The van der Waals surface area contributed by atoms with Gasteiger partial charge in [0, 0.05) is 16.6 Å². The summed E-state index contributed by atoms with van der Waals surface area (Å²) >= 11 is 7.20. The van der Waals surface area contributed by atoms with Crippen LogP contribution in [0.4, 0.5) is 5.00 Å². The Morgan fingerprint density at radius 3 is 2.85 bits per heavy atom. The number of nitrogens with zero attached hydrogens (tertiary/aromatic N) is 3. The molecule has 27 heavy (non-hydrogen) atoms. The van der Waals surface area contributed by atoms with Crippen LogP contribution in [-0.2, 0) is 17.7 Å². The molecule has 0 saturated heterocycles. The van der Waals surface area contributed by atoms with Gasteiger partial charge in [-0.1, -0.05) is 23.7 Å². The number of aryl methyl sites for hydroxylation is 2.